The van der Waals surface area contributed by atoms with Crippen LogP contribution in [0, 0.1) is 11.8 Å². The molecule has 0 aromatic heterocycles. The molecule has 42 heavy (non-hydrogen) atoms. The minimum atomic E-state index is -2.73. The van der Waals surface area contributed by atoms with Crippen molar-refractivity contribution in [3.8, 4) is 5.75 Å². The number of aromatic hydroxyl groups is 1. The highest BCUT2D eigenvalue weighted by Crippen LogP contribution is 2.53. The normalized spacial score (nSPS) is 26.8. The summed E-state index contributed by atoms with van der Waals surface area (Å²) in [4.78, 5) is 53.2. The molecule has 1 saturated carbocycles. The molecule has 4 aliphatic carbocycles. The molecule has 0 heterocycles. The predicted octanol–water partition coefficient (Wildman–Crippen LogP) is 1.70. The summed E-state index contributed by atoms with van der Waals surface area (Å²) >= 11 is 6.40. The first-order chi connectivity index (χ1) is 18.8. The second-order valence-electron chi connectivity index (χ2n) is 11.1. The number of fused-ring (bicyclic) bond motifs is 3. The van der Waals surface area contributed by atoms with Crippen LogP contribution in [0.2, 0.25) is 5.02 Å². The van der Waals surface area contributed by atoms with Crippen LogP contribution in [0.5, 0.6) is 5.75 Å². The molecule has 8 N–H and O–H groups in total. The number of aliphatic hydroxyl groups is 3. The molecular weight excluding hydrogens is 615 g/mol. The molecule has 4 aliphatic rings. The number of aliphatic hydroxyl groups excluding tert-OH is 2. The smallest absolute Gasteiger partial charge is 0.255 e. The van der Waals surface area contributed by atoms with Crippen LogP contribution in [0.1, 0.15) is 41.6 Å². The van der Waals surface area contributed by atoms with E-state index in [-0.39, 0.29) is 72.1 Å². The second kappa shape index (κ2) is 12.0. The maximum absolute atomic E-state index is 13.8. The summed E-state index contributed by atoms with van der Waals surface area (Å²) in [7, 11) is 3.12. The summed E-state index contributed by atoms with van der Waals surface area (Å²) < 4.78 is 0. The lowest BCUT2D eigenvalue weighted by Crippen LogP contribution is -2.63. The number of halogens is 3. The number of Topliss-reactive ketones (excluding diaryl/α,β-unsaturated/α-hetero) is 2. The highest BCUT2D eigenvalue weighted by atomic mass is 35.5. The number of primary amides is 1. The first kappa shape index (κ1) is 33.6. The Labute approximate surface area is 258 Å². The average molecular weight is 648 g/mol. The van der Waals surface area contributed by atoms with Gasteiger partial charge in [0.15, 0.2) is 17.1 Å². The molecule has 0 aliphatic heterocycles. The van der Waals surface area contributed by atoms with Gasteiger partial charge < -0.3 is 36.8 Å². The molecule has 4 atom stereocenters. The second-order valence-corrected chi connectivity index (χ2v) is 11.5. The zero-order chi connectivity index (χ0) is 29.3. The third-order valence-corrected chi connectivity index (χ3v) is 8.88. The fraction of sp³-hybridized carbons (Fsp3) is 0.481. The van der Waals surface area contributed by atoms with E-state index in [0.29, 0.717) is 5.56 Å². The Hall–Kier alpha value is -2.87. The van der Waals surface area contributed by atoms with Crippen LogP contribution in [-0.4, -0.2) is 87.0 Å². The summed E-state index contributed by atoms with van der Waals surface area (Å²) in [5.41, 5.74) is 1.40. The van der Waals surface area contributed by atoms with Crippen molar-refractivity contribution in [1.82, 2.24) is 10.2 Å². The Morgan fingerprint density at radius 1 is 1.17 bits per heavy atom. The van der Waals surface area contributed by atoms with E-state index in [1.54, 1.807) is 14.1 Å². The van der Waals surface area contributed by atoms with Gasteiger partial charge in [-0.1, -0.05) is 18.0 Å². The van der Waals surface area contributed by atoms with Crippen molar-refractivity contribution in [3.05, 3.63) is 44.9 Å². The van der Waals surface area contributed by atoms with Gasteiger partial charge in [0.05, 0.1) is 23.2 Å². The van der Waals surface area contributed by atoms with Gasteiger partial charge in [-0.15, -0.1) is 24.8 Å². The van der Waals surface area contributed by atoms with Crippen molar-refractivity contribution in [2.45, 2.75) is 49.8 Å². The van der Waals surface area contributed by atoms with Crippen molar-refractivity contribution >= 4 is 65.5 Å². The average Bonchev–Trinajstić information content (AvgIpc) is 2.82. The number of likely N-dealkylation sites (N-methyl/N-ethyl adjacent to an activating group) is 1. The first-order valence-electron chi connectivity index (χ1n) is 13.0. The van der Waals surface area contributed by atoms with Gasteiger partial charge in [0.2, 0.25) is 11.7 Å². The van der Waals surface area contributed by atoms with E-state index in [2.05, 4.69) is 10.6 Å². The maximum atomic E-state index is 13.8. The first-order valence-corrected chi connectivity index (χ1v) is 13.4. The molecule has 1 aromatic rings. The molecule has 5 rings (SSSR count). The Kier molecular flexibility index (Phi) is 9.62. The van der Waals surface area contributed by atoms with E-state index >= 15 is 0 Å². The van der Waals surface area contributed by atoms with Crippen molar-refractivity contribution in [3.63, 3.8) is 0 Å². The summed E-state index contributed by atoms with van der Waals surface area (Å²) in [6, 6.07) is 0.624. The number of carbonyl (C=O) groups excluding carboxylic acids is 4. The van der Waals surface area contributed by atoms with E-state index in [1.807, 2.05) is 0 Å². The number of nitrogens with one attached hydrogen (secondary N) is 2. The predicted molar refractivity (Wildman–Crippen MR) is 157 cm³/mol. The van der Waals surface area contributed by atoms with Gasteiger partial charge in [-0.05, 0) is 57.3 Å². The monoisotopic (exact) mass is 646 g/mol. The molecule has 12 nitrogen and oxygen atoms in total. The summed E-state index contributed by atoms with van der Waals surface area (Å²) in [6.45, 7) is -0.0222. The number of nitrogens with two attached hydrogens (primary N) is 1. The summed E-state index contributed by atoms with van der Waals surface area (Å²) in [6.07, 6.45) is 3.08. The van der Waals surface area contributed by atoms with Gasteiger partial charge in [-0.3, -0.25) is 24.1 Å². The number of hydrogen-bond donors (Lipinski definition) is 7. The molecule has 230 valence electrons. The Morgan fingerprint density at radius 2 is 1.81 bits per heavy atom. The van der Waals surface area contributed by atoms with Crippen molar-refractivity contribution < 1.29 is 39.6 Å². The van der Waals surface area contributed by atoms with Crippen LogP contribution >= 0.6 is 36.4 Å². The standard InChI is InChI=1S/C27H31ClN4O8.2ClH/c1-32(2)20-13-7-10-6-11-8-14(28)19(31-15(33)9-30-12-4-3-5-12)22(35)16(11)21(34)17(10)24(37)27(13,40)25(38)18(23(20)36)26(29)39;;/h8,10,12-13,20,30,35-37,40H,3-7,9H2,1-2H3,(H2,29,39)(H,31,33);2*1H/t10?,13?,20-,27-;;/m0../s1. The van der Waals surface area contributed by atoms with Crippen LogP contribution in [-0.2, 0) is 20.8 Å². The van der Waals surface area contributed by atoms with Crippen molar-refractivity contribution in [2.24, 2.45) is 17.6 Å². The topological polar surface area (TPSA) is 203 Å². The number of hydrogen-bond acceptors (Lipinski definition) is 10. The van der Waals surface area contributed by atoms with E-state index in [0.717, 1.165) is 19.3 Å². The highest BCUT2D eigenvalue weighted by molar-refractivity contribution is 6.35. The SMILES string of the molecule is CN(C)[C@@H]1C(O)=C(C(N)=O)C(=O)[C@@]2(O)C(O)=C3C(=O)c4c(cc(Cl)c(NC(=O)CNC5CCC5)c4O)CC3CC12.Cl.Cl. The Morgan fingerprint density at radius 3 is 2.36 bits per heavy atom. The van der Waals surface area contributed by atoms with E-state index in [1.165, 1.54) is 11.0 Å². The van der Waals surface area contributed by atoms with Crippen LogP contribution in [0.4, 0.5) is 5.69 Å². The number of benzene rings is 1. The summed E-state index contributed by atoms with van der Waals surface area (Å²) in [5.74, 6) is -7.97. The molecule has 0 saturated heterocycles. The number of ketones is 2. The molecular formula is C27H33Cl3N4O8. The van der Waals surface area contributed by atoms with Gasteiger partial charge in [0.1, 0.15) is 22.8 Å². The van der Waals surface area contributed by atoms with Crippen LogP contribution in [0.15, 0.2) is 28.7 Å². The molecule has 0 bridgehead atoms. The number of rotatable bonds is 6. The number of phenols is 1. The lowest BCUT2D eigenvalue weighted by Gasteiger charge is -2.50. The number of allylic oxidation sites excluding steroid dienone is 1. The zero-order valence-corrected chi connectivity index (χ0v) is 25.2. The molecule has 0 spiro atoms. The number of anilines is 1. The molecule has 1 aromatic carbocycles. The van der Waals surface area contributed by atoms with Crippen LogP contribution in [0.25, 0.3) is 0 Å². The number of phenolic OH excluding ortho intramolecular Hbond substituents is 1. The van der Waals surface area contributed by atoms with Gasteiger partial charge in [-0.2, -0.15) is 0 Å². The van der Waals surface area contributed by atoms with E-state index in [4.69, 9.17) is 17.3 Å². The quantitative estimate of drug-likeness (QED) is 0.176. The number of carbonyl (C=O) groups is 4. The van der Waals surface area contributed by atoms with E-state index in [9.17, 15) is 39.6 Å². The minimum absolute atomic E-state index is 0. The lowest BCUT2D eigenvalue weighted by atomic mass is 9.58. The number of amides is 2. The van der Waals surface area contributed by atoms with Gasteiger partial charge in [-0.25, -0.2) is 0 Å². The Balaban J connectivity index is 0.00000242. The molecule has 1 fully saturated rings. The fourth-order valence-corrected chi connectivity index (χ4v) is 6.69. The molecule has 15 heteroatoms. The third-order valence-electron chi connectivity index (χ3n) is 8.59. The van der Waals surface area contributed by atoms with Crippen molar-refractivity contribution in [1.29, 1.82) is 0 Å². The minimum Gasteiger partial charge on any atom is -0.510 e. The largest absolute Gasteiger partial charge is 0.510 e. The van der Waals surface area contributed by atoms with Gasteiger partial charge in [0.25, 0.3) is 5.91 Å². The van der Waals surface area contributed by atoms with Gasteiger partial charge >= 0.3 is 0 Å². The molecule has 0 radical (unpaired) electrons. The molecule has 2 amide bonds. The number of nitrogens with zero attached hydrogens (tertiary/aromatic N) is 1. The fourth-order valence-electron chi connectivity index (χ4n) is 6.42. The summed E-state index contributed by atoms with van der Waals surface area (Å²) in [5, 5.41) is 50.5. The zero-order valence-electron chi connectivity index (χ0n) is 22.8. The van der Waals surface area contributed by atoms with Gasteiger partial charge in [0, 0.05) is 17.5 Å². The highest BCUT2D eigenvalue weighted by Gasteiger charge is 2.63. The van der Waals surface area contributed by atoms with Crippen LogP contribution < -0.4 is 16.4 Å². The van der Waals surface area contributed by atoms with Crippen molar-refractivity contribution in [2.75, 3.05) is 26.0 Å². The van der Waals surface area contributed by atoms with E-state index < -0.39 is 69.7 Å². The lowest BCUT2D eigenvalue weighted by molar-refractivity contribution is -0.148. The Bertz CT molecular complexity index is 1420. The third kappa shape index (κ3) is 5.03. The molecule has 2 unspecified atom stereocenters. The van der Waals surface area contributed by atoms with Crippen LogP contribution in [0.3, 0.4) is 0 Å². The maximum Gasteiger partial charge on any atom is 0.255 e.